The van der Waals surface area contributed by atoms with E-state index in [0.29, 0.717) is 0 Å². The summed E-state index contributed by atoms with van der Waals surface area (Å²) in [5.74, 6) is -0.735. The van der Waals surface area contributed by atoms with Crippen molar-refractivity contribution in [2.45, 2.75) is 11.1 Å². The number of hydrogen-bond donors (Lipinski definition) is 1. The molecule has 1 N–H and O–H groups in total. The van der Waals surface area contributed by atoms with Crippen LogP contribution in [0.5, 0.6) is 0 Å². The monoisotopic (exact) mass is 443 g/mol. The van der Waals surface area contributed by atoms with Crippen molar-refractivity contribution in [3.8, 4) is 0 Å². The third kappa shape index (κ3) is 4.08. The molecule has 0 atom stereocenters. The van der Waals surface area contributed by atoms with E-state index in [2.05, 4.69) is 20.7 Å². The Labute approximate surface area is 147 Å². The first-order chi connectivity index (χ1) is 11.0. The van der Waals surface area contributed by atoms with Crippen LogP contribution in [-0.4, -0.2) is 21.5 Å². The topological polar surface area (TPSA) is 72.5 Å². The van der Waals surface area contributed by atoms with E-state index in [0.717, 1.165) is 42.0 Å². The molecular weight excluding hydrogens is 435 g/mol. The van der Waals surface area contributed by atoms with E-state index in [1.807, 2.05) is 4.72 Å². The Morgan fingerprint density at radius 1 is 1.29 bits per heavy atom. The molecule has 0 aliphatic rings. The summed E-state index contributed by atoms with van der Waals surface area (Å²) in [6, 6.07) is 4.08. The summed E-state index contributed by atoms with van der Waals surface area (Å²) in [6.07, 6.45) is -4.74. The maximum Gasteiger partial charge on any atom is 0.418 e. The first-order valence-electron chi connectivity index (χ1n) is 6.11. The minimum absolute atomic E-state index is 0.0183. The van der Waals surface area contributed by atoms with Crippen LogP contribution in [0, 0.1) is 0 Å². The number of sulfonamides is 1. The molecular formula is C13H9BrF3NO4S2. The zero-order chi connectivity index (χ0) is 18.1. The van der Waals surface area contributed by atoms with Gasteiger partial charge in [0.1, 0.15) is 4.88 Å². The van der Waals surface area contributed by atoms with Crippen LogP contribution in [0.25, 0.3) is 0 Å². The van der Waals surface area contributed by atoms with Gasteiger partial charge in [0.25, 0.3) is 10.0 Å². The van der Waals surface area contributed by atoms with Crippen molar-refractivity contribution in [1.82, 2.24) is 0 Å². The number of esters is 1. The molecule has 1 aromatic heterocycles. The van der Waals surface area contributed by atoms with Gasteiger partial charge >= 0.3 is 12.1 Å². The molecule has 2 aromatic rings. The molecule has 130 valence electrons. The number of halogens is 4. The van der Waals surface area contributed by atoms with E-state index in [1.165, 1.54) is 6.07 Å². The Bertz CT molecular complexity index is 878. The van der Waals surface area contributed by atoms with Gasteiger partial charge in [0.15, 0.2) is 0 Å². The highest BCUT2D eigenvalue weighted by atomic mass is 79.9. The first kappa shape index (κ1) is 18.7. The average Bonchev–Trinajstić information content (AvgIpc) is 2.98. The minimum atomic E-state index is -4.74. The van der Waals surface area contributed by atoms with Crippen molar-refractivity contribution < 1.29 is 31.1 Å². The van der Waals surface area contributed by atoms with Crippen LogP contribution < -0.4 is 4.72 Å². The number of nitrogens with one attached hydrogen (secondary N) is 1. The number of carbonyl (C=O) groups excluding carboxylic acids is 1. The Kier molecular flexibility index (Phi) is 5.25. The summed E-state index contributed by atoms with van der Waals surface area (Å²) >= 11 is 3.72. The number of carbonyl (C=O) groups is 1. The number of anilines is 1. The molecule has 0 aliphatic carbocycles. The molecule has 0 aliphatic heterocycles. The highest BCUT2D eigenvalue weighted by Gasteiger charge is 2.35. The number of rotatable bonds is 4. The SMILES string of the molecule is COC(=O)c1cc(S(=O)(=O)Nc2ccc(Br)cc2C(F)(F)F)cs1. The molecule has 0 spiro atoms. The summed E-state index contributed by atoms with van der Waals surface area (Å²) in [5.41, 5.74) is -1.75. The summed E-state index contributed by atoms with van der Waals surface area (Å²) in [4.78, 5) is 11.0. The number of hydrogen-bond acceptors (Lipinski definition) is 5. The standard InChI is InChI=1S/C13H9BrF3NO4S2/c1-22-12(19)11-5-8(6-23-11)24(20,21)18-10-3-2-7(14)4-9(10)13(15,16)17/h2-6,18H,1H3. The van der Waals surface area contributed by atoms with Crippen molar-refractivity contribution in [3.63, 3.8) is 0 Å². The first-order valence-corrected chi connectivity index (χ1v) is 9.26. The fraction of sp³-hybridized carbons (Fsp3) is 0.154. The second kappa shape index (κ2) is 6.73. The number of ether oxygens (including phenoxy) is 1. The smallest absolute Gasteiger partial charge is 0.418 e. The van der Waals surface area contributed by atoms with Crippen LogP contribution in [0.4, 0.5) is 18.9 Å². The molecule has 0 fully saturated rings. The summed E-state index contributed by atoms with van der Waals surface area (Å²) < 4.78 is 70.2. The summed E-state index contributed by atoms with van der Waals surface area (Å²) in [6.45, 7) is 0. The van der Waals surface area contributed by atoms with E-state index in [1.54, 1.807) is 0 Å². The Morgan fingerprint density at radius 3 is 2.54 bits per heavy atom. The van der Waals surface area contributed by atoms with Crippen molar-refractivity contribution in [2.75, 3.05) is 11.8 Å². The van der Waals surface area contributed by atoms with Gasteiger partial charge in [-0.1, -0.05) is 15.9 Å². The lowest BCUT2D eigenvalue weighted by Gasteiger charge is -2.14. The molecule has 1 heterocycles. The van der Waals surface area contributed by atoms with Gasteiger partial charge in [-0.05, 0) is 24.3 Å². The maximum absolute atomic E-state index is 13.0. The zero-order valence-corrected chi connectivity index (χ0v) is 15.1. The second-order valence-corrected chi connectivity index (χ2v) is 7.94. The van der Waals surface area contributed by atoms with Crippen molar-refractivity contribution in [1.29, 1.82) is 0 Å². The van der Waals surface area contributed by atoms with Crippen LogP contribution in [0.3, 0.4) is 0 Å². The van der Waals surface area contributed by atoms with E-state index in [-0.39, 0.29) is 14.2 Å². The average molecular weight is 444 g/mol. The fourth-order valence-corrected chi connectivity index (χ4v) is 4.34. The largest absolute Gasteiger partial charge is 0.465 e. The molecule has 2 rings (SSSR count). The van der Waals surface area contributed by atoms with Crippen LogP contribution in [0.2, 0.25) is 0 Å². The molecule has 0 radical (unpaired) electrons. The molecule has 0 saturated heterocycles. The highest BCUT2D eigenvalue weighted by Crippen LogP contribution is 2.37. The lowest BCUT2D eigenvalue weighted by molar-refractivity contribution is -0.136. The highest BCUT2D eigenvalue weighted by molar-refractivity contribution is 9.10. The van der Waals surface area contributed by atoms with Crippen molar-refractivity contribution >= 4 is 48.9 Å². The molecule has 1 aromatic carbocycles. The van der Waals surface area contributed by atoms with Crippen LogP contribution >= 0.6 is 27.3 Å². The van der Waals surface area contributed by atoms with Gasteiger partial charge in [0, 0.05) is 9.85 Å². The lowest BCUT2D eigenvalue weighted by Crippen LogP contribution is -2.17. The third-order valence-corrected chi connectivity index (χ3v) is 5.70. The van der Waals surface area contributed by atoms with Crippen molar-refractivity contribution in [3.05, 3.63) is 44.6 Å². The van der Waals surface area contributed by atoms with Gasteiger partial charge in [-0.3, -0.25) is 4.72 Å². The lowest BCUT2D eigenvalue weighted by atomic mass is 10.2. The summed E-state index contributed by atoms with van der Waals surface area (Å²) in [7, 11) is -3.16. The summed E-state index contributed by atoms with van der Waals surface area (Å²) in [5, 5.41) is 1.14. The predicted octanol–water partition coefficient (Wildman–Crippen LogP) is 4.12. The Morgan fingerprint density at radius 2 is 1.96 bits per heavy atom. The van der Waals surface area contributed by atoms with Gasteiger partial charge in [0.2, 0.25) is 0 Å². The predicted molar refractivity (Wildman–Crippen MR) is 85.6 cm³/mol. The van der Waals surface area contributed by atoms with Gasteiger partial charge in [-0.25, -0.2) is 13.2 Å². The maximum atomic E-state index is 13.0. The van der Waals surface area contributed by atoms with E-state index < -0.39 is 33.4 Å². The molecule has 24 heavy (non-hydrogen) atoms. The molecule has 5 nitrogen and oxygen atoms in total. The van der Waals surface area contributed by atoms with Crippen LogP contribution in [0.15, 0.2) is 39.0 Å². The third-order valence-electron chi connectivity index (χ3n) is 2.80. The van der Waals surface area contributed by atoms with Gasteiger partial charge in [0.05, 0.1) is 23.3 Å². The van der Waals surface area contributed by atoms with E-state index in [4.69, 9.17) is 0 Å². The Balaban J connectivity index is 2.40. The molecule has 0 saturated carbocycles. The number of benzene rings is 1. The fourth-order valence-electron chi connectivity index (χ4n) is 1.71. The van der Waals surface area contributed by atoms with Crippen LogP contribution in [0.1, 0.15) is 15.2 Å². The van der Waals surface area contributed by atoms with Gasteiger partial charge in [-0.15, -0.1) is 11.3 Å². The van der Waals surface area contributed by atoms with Crippen molar-refractivity contribution in [2.24, 2.45) is 0 Å². The van der Waals surface area contributed by atoms with E-state index >= 15 is 0 Å². The van der Waals surface area contributed by atoms with Gasteiger partial charge < -0.3 is 4.74 Å². The van der Waals surface area contributed by atoms with E-state index in [9.17, 15) is 26.4 Å². The normalized spacial score (nSPS) is 12.0. The quantitative estimate of drug-likeness (QED) is 0.721. The van der Waals surface area contributed by atoms with Gasteiger partial charge in [-0.2, -0.15) is 13.2 Å². The second-order valence-electron chi connectivity index (χ2n) is 4.43. The molecule has 0 amide bonds. The molecule has 11 heteroatoms. The number of alkyl halides is 3. The number of thiophene rings is 1. The Hall–Kier alpha value is -1.59. The zero-order valence-electron chi connectivity index (χ0n) is 11.8. The molecule has 0 bridgehead atoms. The minimum Gasteiger partial charge on any atom is -0.465 e. The number of methoxy groups -OCH3 is 1. The van der Waals surface area contributed by atoms with Crippen LogP contribution in [-0.2, 0) is 20.9 Å². The molecule has 0 unspecified atom stereocenters.